The van der Waals surface area contributed by atoms with Gasteiger partial charge in [0.25, 0.3) is 0 Å². The normalized spacial score (nSPS) is 10.8. The number of hydrogen-bond donors (Lipinski definition) is 2. The van der Waals surface area contributed by atoms with E-state index in [4.69, 9.17) is 5.73 Å². The van der Waals surface area contributed by atoms with Gasteiger partial charge >= 0.3 is 11.6 Å². The average molecular weight is 342 g/mol. The van der Waals surface area contributed by atoms with Crippen LogP contribution in [0.5, 0.6) is 0 Å². The number of nitrogens with two attached hydrogens (primary N) is 1. The lowest BCUT2D eigenvalue weighted by atomic mass is 10.1. The molecule has 0 radical (unpaired) electrons. The molecule has 0 saturated carbocycles. The highest BCUT2D eigenvalue weighted by molar-refractivity contribution is 9.10. The first-order valence-electron chi connectivity index (χ1n) is 6.05. The number of hydrogen-bond acceptors (Lipinski definition) is 3. The molecule has 5 nitrogen and oxygen atoms in total. The summed E-state index contributed by atoms with van der Waals surface area (Å²) in [6, 6.07) is 2.67. The lowest BCUT2D eigenvalue weighted by Gasteiger charge is -2.11. The summed E-state index contributed by atoms with van der Waals surface area (Å²) in [5.41, 5.74) is 5.74. The van der Waals surface area contributed by atoms with Crippen molar-refractivity contribution in [1.82, 2.24) is 5.32 Å². The molecule has 0 bridgehead atoms. The van der Waals surface area contributed by atoms with Crippen molar-refractivity contribution < 1.29 is 13.9 Å². The van der Waals surface area contributed by atoms with Crippen LogP contribution in [0, 0.1) is 11.0 Å². The summed E-state index contributed by atoms with van der Waals surface area (Å²) < 4.78 is 14.0. The number of carbonyl (C=O) groups is 1. The third-order valence-electron chi connectivity index (χ3n) is 2.90. The second-order valence-corrected chi connectivity index (χ2v) is 5.09. The summed E-state index contributed by atoms with van der Waals surface area (Å²) >= 11 is 3.07. The highest BCUT2D eigenvalue weighted by atomic mass is 79.9. The van der Waals surface area contributed by atoms with Crippen molar-refractivity contribution in [3.63, 3.8) is 0 Å². The Morgan fingerprint density at radius 1 is 1.50 bits per heavy atom. The van der Waals surface area contributed by atoms with Crippen molar-refractivity contribution >= 4 is 38.3 Å². The van der Waals surface area contributed by atoms with Gasteiger partial charge in [0.05, 0.1) is 9.86 Å². The molecule has 0 saturated heterocycles. The van der Waals surface area contributed by atoms with Gasteiger partial charge < -0.3 is 16.3 Å². The van der Waals surface area contributed by atoms with E-state index in [1.54, 1.807) is 0 Å². The molecular formula is C13H13BrFN3O2. The standard InChI is InChI=1S/C13H13BrFN3O2/c1-2-5-17-13(19)12-11(16)7-3-4-9(15)10(14)8(7)6-18(12)20/h3-4,6H,2,5,16H2,1H3,(H,17,19). The van der Waals surface area contributed by atoms with Crippen LogP contribution in [0.1, 0.15) is 23.8 Å². The van der Waals surface area contributed by atoms with Gasteiger partial charge in [0.2, 0.25) is 0 Å². The maximum absolute atomic E-state index is 13.5. The number of nitrogens with one attached hydrogen (secondary N) is 1. The summed E-state index contributed by atoms with van der Waals surface area (Å²) in [6.45, 7) is 2.35. The Morgan fingerprint density at radius 3 is 2.85 bits per heavy atom. The Kier molecular flexibility index (Phi) is 4.08. The summed E-state index contributed by atoms with van der Waals surface area (Å²) in [5, 5.41) is 15.3. The van der Waals surface area contributed by atoms with Gasteiger partial charge in [-0.15, -0.1) is 0 Å². The summed E-state index contributed by atoms with van der Waals surface area (Å²) in [7, 11) is 0. The molecule has 0 unspecified atom stereocenters. The summed E-state index contributed by atoms with van der Waals surface area (Å²) in [4.78, 5) is 11.9. The predicted molar refractivity (Wildman–Crippen MR) is 77.6 cm³/mol. The smallest absolute Gasteiger partial charge is 0.319 e. The molecule has 0 fully saturated rings. The molecule has 1 amide bonds. The van der Waals surface area contributed by atoms with Gasteiger partial charge in [-0.2, -0.15) is 4.73 Å². The van der Waals surface area contributed by atoms with Crippen LogP contribution in [0.2, 0.25) is 0 Å². The molecule has 2 rings (SSSR count). The van der Waals surface area contributed by atoms with E-state index in [-0.39, 0.29) is 15.9 Å². The van der Waals surface area contributed by atoms with Crippen LogP contribution in [0.25, 0.3) is 10.8 Å². The molecule has 0 atom stereocenters. The first-order valence-corrected chi connectivity index (χ1v) is 6.84. The molecule has 1 heterocycles. The molecule has 1 aromatic carbocycles. The fraction of sp³-hybridized carbons (Fsp3) is 0.231. The predicted octanol–water partition coefficient (Wildman–Crippen LogP) is 2.10. The van der Waals surface area contributed by atoms with E-state index < -0.39 is 11.7 Å². The summed E-state index contributed by atoms with van der Waals surface area (Å²) in [5.74, 6) is -1.04. The average Bonchev–Trinajstić information content (AvgIpc) is 2.41. The zero-order valence-electron chi connectivity index (χ0n) is 10.7. The van der Waals surface area contributed by atoms with Crippen LogP contribution in [0.3, 0.4) is 0 Å². The monoisotopic (exact) mass is 341 g/mol. The second kappa shape index (κ2) is 5.62. The molecule has 2 aromatic rings. The van der Waals surface area contributed by atoms with Crippen molar-refractivity contribution in [2.45, 2.75) is 13.3 Å². The number of aromatic nitrogens is 1. The molecule has 0 aliphatic heterocycles. The molecule has 106 valence electrons. The number of amides is 1. The number of halogens is 2. The number of rotatable bonds is 3. The second-order valence-electron chi connectivity index (χ2n) is 4.30. The topological polar surface area (TPSA) is 82.1 Å². The molecule has 7 heteroatoms. The zero-order chi connectivity index (χ0) is 14.9. The Morgan fingerprint density at radius 2 is 2.20 bits per heavy atom. The van der Waals surface area contributed by atoms with Gasteiger partial charge in [-0.25, -0.2) is 4.39 Å². The fourth-order valence-corrected chi connectivity index (χ4v) is 2.35. The van der Waals surface area contributed by atoms with Gasteiger partial charge in [0.1, 0.15) is 11.5 Å². The minimum atomic E-state index is -0.540. The van der Waals surface area contributed by atoms with Gasteiger partial charge in [-0.05, 0) is 34.5 Å². The SMILES string of the molecule is CCCNC(=O)c1c(N)c2ccc(F)c(Br)c2c[n+]1[O-]. The maximum Gasteiger partial charge on any atom is 0.319 e. The van der Waals surface area contributed by atoms with E-state index in [1.807, 2.05) is 6.92 Å². The van der Waals surface area contributed by atoms with Gasteiger partial charge in [0.15, 0.2) is 6.20 Å². The van der Waals surface area contributed by atoms with E-state index in [0.29, 0.717) is 22.0 Å². The van der Waals surface area contributed by atoms with Crippen molar-refractivity contribution in [1.29, 1.82) is 0 Å². The lowest BCUT2D eigenvalue weighted by molar-refractivity contribution is -0.605. The minimum absolute atomic E-state index is 0.0341. The van der Waals surface area contributed by atoms with Crippen molar-refractivity contribution in [2.75, 3.05) is 12.3 Å². The largest absolute Gasteiger partial charge is 0.618 e. The number of nitrogens with zero attached hydrogens (tertiary/aromatic N) is 1. The summed E-state index contributed by atoms with van der Waals surface area (Å²) in [6.07, 6.45) is 1.88. The lowest BCUT2D eigenvalue weighted by Crippen LogP contribution is -2.40. The van der Waals surface area contributed by atoms with Crippen LogP contribution in [0.15, 0.2) is 22.8 Å². The van der Waals surface area contributed by atoms with Crippen molar-refractivity contribution in [3.8, 4) is 0 Å². The molecule has 1 aromatic heterocycles. The molecular weight excluding hydrogens is 329 g/mol. The third-order valence-corrected chi connectivity index (χ3v) is 3.70. The molecule has 3 N–H and O–H groups in total. The minimum Gasteiger partial charge on any atom is -0.618 e. The molecule has 0 aliphatic rings. The highest BCUT2D eigenvalue weighted by Crippen LogP contribution is 2.30. The Balaban J connectivity index is 2.64. The van der Waals surface area contributed by atoms with E-state index in [9.17, 15) is 14.4 Å². The molecule has 0 aliphatic carbocycles. The quantitative estimate of drug-likeness (QED) is 0.662. The first kappa shape index (κ1) is 14.5. The highest BCUT2D eigenvalue weighted by Gasteiger charge is 2.24. The number of nitrogen functional groups attached to an aromatic ring is 1. The van der Waals surface area contributed by atoms with E-state index in [0.717, 1.165) is 12.6 Å². The van der Waals surface area contributed by atoms with Crippen molar-refractivity contribution in [2.24, 2.45) is 0 Å². The number of pyridine rings is 1. The third kappa shape index (κ3) is 2.40. The van der Waals surface area contributed by atoms with E-state index >= 15 is 0 Å². The number of fused-ring (bicyclic) bond motifs is 1. The number of benzene rings is 1. The maximum atomic E-state index is 13.5. The Bertz CT molecular complexity index is 691. The molecule has 20 heavy (non-hydrogen) atoms. The zero-order valence-corrected chi connectivity index (χ0v) is 12.3. The Labute approximate surface area is 123 Å². The van der Waals surface area contributed by atoms with E-state index in [2.05, 4.69) is 21.2 Å². The van der Waals surface area contributed by atoms with Crippen LogP contribution < -0.4 is 15.8 Å². The van der Waals surface area contributed by atoms with E-state index in [1.165, 1.54) is 12.1 Å². The fourth-order valence-electron chi connectivity index (χ4n) is 1.90. The van der Waals surface area contributed by atoms with Crippen LogP contribution in [0.4, 0.5) is 10.1 Å². The van der Waals surface area contributed by atoms with Crippen LogP contribution >= 0.6 is 15.9 Å². The molecule has 0 spiro atoms. The number of carbonyl (C=O) groups excluding carboxylic acids is 1. The number of anilines is 1. The van der Waals surface area contributed by atoms with Crippen LogP contribution in [-0.4, -0.2) is 12.5 Å². The van der Waals surface area contributed by atoms with Crippen LogP contribution in [-0.2, 0) is 0 Å². The van der Waals surface area contributed by atoms with Gasteiger partial charge in [-0.1, -0.05) is 6.92 Å². The van der Waals surface area contributed by atoms with Gasteiger partial charge in [-0.3, -0.25) is 4.79 Å². The van der Waals surface area contributed by atoms with Gasteiger partial charge in [0, 0.05) is 11.9 Å². The Hall–Kier alpha value is -1.89. The first-order chi connectivity index (χ1) is 9.47. The van der Waals surface area contributed by atoms with Crippen molar-refractivity contribution in [3.05, 3.63) is 39.5 Å².